The van der Waals surface area contributed by atoms with Crippen molar-refractivity contribution < 1.29 is 14.5 Å². The third kappa shape index (κ3) is 3.23. The summed E-state index contributed by atoms with van der Waals surface area (Å²) in [5, 5.41) is 10.7. The van der Waals surface area contributed by atoms with Gasteiger partial charge in [-0.05, 0) is 19.8 Å². The molecule has 2 rings (SSSR count). The van der Waals surface area contributed by atoms with Crippen LogP contribution in [0.25, 0.3) is 0 Å². The molecule has 0 spiro atoms. The lowest BCUT2D eigenvalue weighted by molar-refractivity contribution is -0.384. The first kappa shape index (κ1) is 14.2. The number of nitro groups is 1. The van der Waals surface area contributed by atoms with Gasteiger partial charge in [-0.1, -0.05) is 0 Å². The fourth-order valence-corrected chi connectivity index (χ4v) is 2.30. The van der Waals surface area contributed by atoms with E-state index in [-0.39, 0.29) is 17.6 Å². The van der Waals surface area contributed by atoms with Gasteiger partial charge in [0.15, 0.2) is 0 Å². The lowest BCUT2D eigenvalue weighted by Gasteiger charge is -2.31. The lowest BCUT2D eigenvalue weighted by atomic mass is 9.97. The maximum Gasteiger partial charge on any atom is 0.309 e. The van der Waals surface area contributed by atoms with Crippen molar-refractivity contribution in [2.24, 2.45) is 5.92 Å². The third-order valence-electron chi connectivity index (χ3n) is 3.38. The Labute approximate surface area is 116 Å². The molecule has 108 valence electrons. The number of esters is 1. The number of hydrogen-bond acceptors (Lipinski definition) is 6. The Kier molecular flexibility index (Phi) is 4.49. The van der Waals surface area contributed by atoms with Crippen LogP contribution in [0.4, 0.5) is 11.5 Å². The number of piperidine rings is 1. The third-order valence-corrected chi connectivity index (χ3v) is 3.38. The van der Waals surface area contributed by atoms with Crippen LogP contribution < -0.4 is 4.90 Å². The molecule has 1 saturated heterocycles. The molecule has 20 heavy (non-hydrogen) atoms. The first-order chi connectivity index (χ1) is 9.61. The van der Waals surface area contributed by atoms with Gasteiger partial charge in [0.25, 0.3) is 5.69 Å². The summed E-state index contributed by atoms with van der Waals surface area (Å²) in [7, 11) is 0. The van der Waals surface area contributed by atoms with E-state index in [2.05, 4.69) is 4.98 Å². The van der Waals surface area contributed by atoms with Gasteiger partial charge in [-0.2, -0.15) is 0 Å². The van der Waals surface area contributed by atoms with E-state index in [1.807, 2.05) is 4.90 Å². The molecule has 1 fully saturated rings. The number of hydrogen-bond donors (Lipinski definition) is 0. The predicted molar refractivity (Wildman–Crippen MR) is 72.5 cm³/mol. The highest BCUT2D eigenvalue weighted by Gasteiger charge is 2.27. The van der Waals surface area contributed by atoms with E-state index >= 15 is 0 Å². The lowest BCUT2D eigenvalue weighted by Crippen LogP contribution is -2.37. The topological polar surface area (TPSA) is 85.6 Å². The molecule has 0 bridgehead atoms. The molecular weight excluding hydrogens is 262 g/mol. The monoisotopic (exact) mass is 279 g/mol. The van der Waals surface area contributed by atoms with Crippen LogP contribution in [0.3, 0.4) is 0 Å². The van der Waals surface area contributed by atoms with Crippen LogP contribution in [0, 0.1) is 16.0 Å². The number of anilines is 1. The van der Waals surface area contributed by atoms with Crippen molar-refractivity contribution in [3.63, 3.8) is 0 Å². The fourth-order valence-electron chi connectivity index (χ4n) is 2.30. The molecule has 0 atom stereocenters. The minimum atomic E-state index is -0.434. The highest BCUT2D eigenvalue weighted by atomic mass is 16.6. The molecule has 2 heterocycles. The van der Waals surface area contributed by atoms with Crippen LogP contribution >= 0.6 is 0 Å². The maximum atomic E-state index is 11.6. The van der Waals surface area contributed by atoms with Crippen LogP contribution in [0.1, 0.15) is 19.8 Å². The Balaban J connectivity index is 1.98. The molecule has 0 aliphatic carbocycles. The van der Waals surface area contributed by atoms with Crippen molar-refractivity contribution in [3.8, 4) is 0 Å². The summed E-state index contributed by atoms with van der Waals surface area (Å²) < 4.78 is 5.01. The summed E-state index contributed by atoms with van der Waals surface area (Å²) in [5.74, 6) is 0.352. The Morgan fingerprint density at radius 1 is 1.55 bits per heavy atom. The molecular formula is C13H17N3O4. The average molecular weight is 279 g/mol. The smallest absolute Gasteiger partial charge is 0.309 e. The summed E-state index contributed by atoms with van der Waals surface area (Å²) in [4.78, 5) is 28.1. The van der Waals surface area contributed by atoms with E-state index < -0.39 is 4.92 Å². The van der Waals surface area contributed by atoms with E-state index in [0.717, 1.165) is 0 Å². The minimum absolute atomic E-state index is 0.0301. The molecule has 7 nitrogen and oxygen atoms in total. The standard InChI is InChI=1S/C13H17N3O4/c1-2-20-13(17)10-4-7-15(8-5-10)12-9-11(16(18)19)3-6-14-12/h3,6,9-10H,2,4-5,7-8H2,1H3. The second-order valence-corrected chi connectivity index (χ2v) is 4.64. The van der Waals surface area contributed by atoms with Gasteiger partial charge < -0.3 is 9.64 Å². The normalized spacial score (nSPS) is 15.9. The molecule has 1 aliphatic heterocycles. The second-order valence-electron chi connectivity index (χ2n) is 4.64. The Bertz CT molecular complexity index is 498. The molecule has 0 N–H and O–H groups in total. The number of rotatable bonds is 4. The molecule has 7 heteroatoms. The molecule has 1 aromatic heterocycles. The van der Waals surface area contributed by atoms with E-state index in [0.29, 0.717) is 38.4 Å². The number of carbonyl (C=O) groups is 1. The first-order valence-corrected chi connectivity index (χ1v) is 6.64. The summed E-state index contributed by atoms with van der Waals surface area (Å²) in [6.45, 7) is 3.49. The maximum absolute atomic E-state index is 11.6. The zero-order chi connectivity index (χ0) is 14.5. The van der Waals surface area contributed by atoms with Crippen molar-refractivity contribution in [1.82, 2.24) is 4.98 Å². The minimum Gasteiger partial charge on any atom is -0.466 e. The van der Waals surface area contributed by atoms with Crippen molar-refractivity contribution in [1.29, 1.82) is 0 Å². The van der Waals surface area contributed by atoms with Gasteiger partial charge in [0.2, 0.25) is 0 Å². The van der Waals surface area contributed by atoms with Crippen LogP contribution in [-0.4, -0.2) is 35.6 Å². The van der Waals surface area contributed by atoms with E-state index in [9.17, 15) is 14.9 Å². The van der Waals surface area contributed by atoms with Crippen LogP contribution in [0.2, 0.25) is 0 Å². The molecule has 0 unspecified atom stereocenters. The number of ether oxygens (including phenoxy) is 1. The second kappa shape index (κ2) is 6.31. The molecule has 0 amide bonds. The van der Waals surface area contributed by atoms with Crippen LogP contribution in [0.15, 0.2) is 18.3 Å². The summed E-state index contributed by atoms with van der Waals surface area (Å²) in [6.07, 6.45) is 2.80. The molecule has 1 aliphatic rings. The average Bonchev–Trinajstić information content (AvgIpc) is 2.48. The first-order valence-electron chi connectivity index (χ1n) is 6.64. The van der Waals surface area contributed by atoms with Crippen molar-refractivity contribution in [2.45, 2.75) is 19.8 Å². The molecule has 0 radical (unpaired) electrons. The van der Waals surface area contributed by atoms with Gasteiger partial charge in [-0.25, -0.2) is 4.98 Å². The zero-order valence-corrected chi connectivity index (χ0v) is 11.3. The number of aromatic nitrogens is 1. The molecule has 0 saturated carbocycles. The molecule has 1 aromatic rings. The SMILES string of the molecule is CCOC(=O)C1CCN(c2cc([N+](=O)[O-])ccn2)CC1. The predicted octanol–water partition coefficient (Wildman–Crippen LogP) is 1.77. The fraction of sp³-hybridized carbons (Fsp3) is 0.538. The Morgan fingerprint density at radius 3 is 2.85 bits per heavy atom. The van der Waals surface area contributed by atoms with Gasteiger partial charge in [0.1, 0.15) is 5.82 Å². The van der Waals surface area contributed by atoms with Crippen LogP contribution in [0.5, 0.6) is 0 Å². The van der Waals surface area contributed by atoms with Gasteiger partial charge >= 0.3 is 5.97 Å². The number of carbonyl (C=O) groups excluding carboxylic acids is 1. The van der Waals surface area contributed by atoms with E-state index in [4.69, 9.17) is 4.74 Å². The van der Waals surface area contributed by atoms with E-state index in [1.165, 1.54) is 18.3 Å². The largest absolute Gasteiger partial charge is 0.466 e. The summed E-state index contributed by atoms with van der Waals surface area (Å²) in [6, 6.07) is 2.83. The summed E-state index contributed by atoms with van der Waals surface area (Å²) >= 11 is 0. The van der Waals surface area contributed by atoms with Gasteiger partial charge in [-0.15, -0.1) is 0 Å². The Morgan fingerprint density at radius 2 is 2.25 bits per heavy atom. The van der Waals surface area contributed by atoms with Gasteiger partial charge in [0, 0.05) is 25.4 Å². The summed E-state index contributed by atoms with van der Waals surface area (Å²) in [5.41, 5.74) is 0.0301. The van der Waals surface area contributed by atoms with Crippen molar-refractivity contribution in [2.75, 3.05) is 24.6 Å². The van der Waals surface area contributed by atoms with E-state index in [1.54, 1.807) is 6.92 Å². The number of pyridine rings is 1. The quantitative estimate of drug-likeness (QED) is 0.474. The molecule has 0 aromatic carbocycles. The van der Waals surface area contributed by atoms with Gasteiger partial charge in [0.05, 0.1) is 23.5 Å². The van der Waals surface area contributed by atoms with Crippen LogP contribution in [-0.2, 0) is 9.53 Å². The highest BCUT2D eigenvalue weighted by molar-refractivity contribution is 5.72. The van der Waals surface area contributed by atoms with Crippen molar-refractivity contribution >= 4 is 17.5 Å². The van der Waals surface area contributed by atoms with Crippen molar-refractivity contribution in [3.05, 3.63) is 28.4 Å². The highest BCUT2D eigenvalue weighted by Crippen LogP contribution is 2.24. The Hall–Kier alpha value is -2.18. The number of nitrogens with zero attached hydrogens (tertiary/aromatic N) is 3. The zero-order valence-electron chi connectivity index (χ0n) is 11.3. The van der Waals surface area contributed by atoms with Gasteiger partial charge in [-0.3, -0.25) is 14.9 Å².